The highest BCUT2D eigenvalue weighted by atomic mass is 35.5. The van der Waals surface area contributed by atoms with Gasteiger partial charge in [0, 0.05) is 47.6 Å². The van der Waals surface area contributed by atoms with Gasteiger partial charge in [0.05, 0.1) is 0 Å². The summed E-state index contributed by atoms with van der Waals surface area (Å²) < 4.78 is 0. The van der Waals surface area contributed by atoms with Crippen molar-refractivity contribution in [3.63, 3.8) is 0 Å². The molecule has 0 saturated heterocycles. The van der Waals surface area contributed by atoms with Gasteiger partial charge in [-0.25, -0.2) is 0 Å². The van der Waals surface area contributed by atoms with E-state index in [9.17, 15) is 4.79 Å². The topological polar surface area (TPSA) is 48.1 Å². The maximum Gasteiger partial charge on any atom is 0.220 e. The van der Waals surface area contributed by atoms with Gasteiger partial charge in [-0.1, -0.05) is 41.9 Å². The fraction of sp³-hybridized carbons (Fsp3) is 0.286. The lowest BCUT2D eigenvalue weighted by Crippen LogP contribution is -2.32. The third-order valence-electron chi connectivity index (χ3n) is 4.52. The number of H-pyrrole nitrogens is 1. The molecule has 0 spiro atoms. The van der Waals surface area contributed by atoms with Crippen molar-refractivity contribution in [2.45, 2.75) is 12.3 Å². The van der Waals surface area contributed by atoms with Crippen LogP contribution in [0.2, 0.25) is 5.02 Å². The molecule has 1 unspecified atom stereocenters. The van der Waals surface area contributed by atoms with Crippen LogP contribution < -0.4 is 5.32 Å². The van der Waals surface area contributed by atoms with Gasteiger partial charge in [0.15, 0.2) is 0 Å². The van der Waals surface area contributed by atoms with E-state index in [0.717, 1.165) is 28.6 Å². The Morgan fingerprint density at radius 1 is 1.19 bits per heavy atom. The summed E-state index contributed by atoms with van der Waals surface area (Å²) in [4.78, 5) is 17.9. The summed E-state index contributed by atoms with van der Waals surface area (Å²) in [5, 5.41) is 4.83. The van der Waals surface area contributed by atoms with E-state index in [-0.39, 0.29) is 11.8 Å². The van der Waals surface area contributed by atoms with Gasteiger partial charge < -0.3 is 15.2 Å². The van der Waals surface area contributed by atoms with Crippen molar-refractivity contribution >= 4 is 28.4 Å². The standard InChI is InChI=1S/C21H24ClN3O/c1-25(2)11-10-23-21(26)13-18(15-6-5-7-16(22)12-15)19-14-24-20-9-4-3-8-17(19)20/h3-9,12,14,18,24H,10-11,13H2,1-2H3,(H,23,26). The van der Waals surface area contributed by atoms with Crippen molar-refractivity contribution < 1.29 is 4.79 Å². The van der Waals surface area contributed by atoms with Crippen LogP contribution in [0.5, 0.6) is 0 Å². The highest BCUT2D eigenvalue weighted by Gasteiger charge is 2.21. The number of nitrogens with zero attached hydrogens (tertiary/aromatic N) is 1. The molecule has 0 saturated carbocycles. The monoisotopic (exact) mass is 369 g/mol. The molecule has 3 rings (SSSR count). The largest absolute Gasteiger partial charge is 0.361 e. The Morgan fingerprint density at radius 2 is 2.00 bits per heavy atom. The third-order valence-corrected chi connectivity index (χ3v) is 4.75. The van der Waals surface area contributed by atoms with Gasteiger partial charge in [-0.15, -0.1) is 0 Å². The van der Waals surface area contributed by atoms with Crippen molar-refractivity contribution in [1.82, 2.24) is 15.2 Å². The van der Waals surface area contributed by atoms with Gasteiger partial charge in [0.25, 0.3) is 0 Å². The molecule has 2 N–H and O–H groups in total. The zero-order valence-electron chi connectivity index (χ0n) is 15.1. The minimum Gasteiger partial charge on any atom is -0.361 e. The molecular weight excluding hydrogens is 346 g/mol. The van der Waals surface area contributed by atoms with Gasteiger partial charge in [0.2, 0.25) is 5.91 Å². The van der Waals surface area contributed by atoms with Gasteiger partial charge in [-0.3, -0.25) is 4.79 Å². The predicted octanol–water partition coefficient (Wildman–Crippen LogP) is 4.02. The summed E-state index contributed by atoms with van der Waals surface area (Å²) in [7, 11) is 3.99. The van der Waals surface area contributed by atoms with Crippen LogP contribution in [-0.4, -0.2) is 43.0 Å². The second kappa shape index (κ2) is 8.39. The Hall–Kier alpha value is -2.30. The van der Waals surface area contributed by atoms with E-state index in [2.05, 4.69) is 16.4 Å². The van der Waals surface area contributed by atoms with Gasteiger partial charge in [-0.05, 0) is 43.4 Å². The van der Waals surface area contributed by atoms with E-state index in [1.165, 1.54) is 0 Å². The molecule has 0 aliphatic heterocycles. The number of hydrogen-bond donors (Lipinski definition) is 2. The number of hydrogen-bond acceptors (Lipinski definition) is 2. The number of carbonyl (C=O) groups excluding carboxylic acids is 1. The number of likely N-dealkylation sites (N-methyl/N-ethyl adjacent to an activating group) is 1. The summed E-state index contributed by atoms with van der Waals surface area (Å²) in [6.45, 7) is 1.46. The van der Waals surface area contributed by atoms with Crippen LogP contribution in [0.25, 0.3) is 10.9 Å². The molecule has 4 nitrogen and oxygen atoms in total. The first-order valence-electron chi connectivity index (χ1n) is 8.77. The minimum atomic E-state index is -0.0517. The smallest absolute Gasteiger partial charge is 0.220 e. The first kappa shape index (κ1) is 18.5. The quantitative estimate of drug-likeness (QED) is 0.660. The summed E-state index contributed by atoms with van der Waals surface area (Å²) in [5.74, 6) is -0.00804. The number of fused-ring (bicyclic) bond motifs is 1. The summed E-state index contributed by atoms with van der Waals surface area (Å²) in [6, 6.07) is 15.9. The maximum absolute atomic E-state index is 12.6. The van der Waals surface area contributed by atoms with E-state index in [4.69, 9.17) is 11.6 Å². The van der Waals surface area contributed by atoms with Crippen LogP contribution in [0.1, 0.15) is 23.5 Å². The SMILES string of the molecule is CN(C)CCNC(=O)CC(c1cccc(Cl)c1)c1c[nH]c2ccccc12. The number of halogens is 1. The zero-order valence-corrected chi connectivity index (χ0v) is 15.9. The number of aromatic amines is 1. The molecule has 1 atom stereocenters. The zero-order chi connectivity index (χ0) is 18.5. The highest BCUT2D eigenvalue weighted by molar-refractivity contribution is 6.30. The molecule has 1 amide bonds. The predicted molar refractivity (Wildman–Crippen MR) is 108 cm³/mol. The fourth-order valence-electron chi connectivity index (χ4n) is 3.19. The summed E-state index contributed by atoms with van der Waals surface area (Å²) in [5.41, 5.74) is 3.23. The average Bonchev–Trinajstić information content (AvgIpc) is 3.03. The van der Waals surface area contributed by atoms with Crippen LogP contribution in [0.15, 0.2) is 54.7 Å². The molecular formula is C21H24ClN3O. The van der Waals surface area contributed by atoms with Crippen molar-refractivity contribution in [3.05, 3.63) is 70.9 Å². The number of para-hydroxylation sites is 1. The van der Waals surface area contributed by atoms with Crippen molar-refractivity contribution in [3.8, 4) is 0 Å². The second-order valence-corrected chi connectivity index (χ2v) is 7.19. The molecule has 5 heteroatoms. The van der Waals surface area contributed by atoms with E-state index in [0.29, 0.717) is 18.0 Å². The number of carbonyl (C=O) groups is 1. The minimum absolute atomic E-state index is 0.0436. The first-order valence-corrected chi connectivity index (χ1v) is 9.15. The molecule has 0 aliphatic carbocycles. The summed E-state index contributed by atoms with van der Waals surface area (Å²) in [6.07, 6.45) is 2.39. The summed E-state index contributed by atoms with van der Waals surface area (Å²) >= 11 is 6.21. The molecule has 1 heterocycles. The van der Waals surface area contributed by atoms with Gasteiger partial charge in [-0.2, -0.15) is 0 Å². The van der Waals surface area contributed by atoms with E-state index >= 15 is 0 Å². The Kier molecular flexibility index (Phi) is 5.96. The fourth-order valence-corrected chi connectivity index (χ4v) is 3.39. The van der Waals surface area contributed by atoms with Crippen LogP contribution >= 0.6 is 11.6 Å². The maximum atomic E-state index is 12.6. The van der Waals surface area contributed by atoms with Crippen molar-refractivity contribution in [2.75, 3.05) is 27.2 Å². The number of rotatable bonds is 7. The first-order chi connectivity index (χ1) is 12.5. The molecule has 3 aromatic rings. The Morgan fingerprint density at radius 3 is 2.77 bits per heavy atom. The molecule has 136 valence electrons. The Bertz CT molecular complexity index is 888. The number of amides is 1. The molecule has 26 heavy (non-hydrogen) atoms. The van der Waals surface area contributed by atoms with Crippen LogP contribution in [-0.2, 0) is 4.79 Å². The molecule has 1 aromatic heterocycles. The molecule has 0 radical (unpaired) electrons. The molecule has 2 aromatic carbocycles. The normalized spacial score (nSPS) is 12.5. The van der Waals surface area contributed by atoms with E-state index in [1.54, 1.807) is 0 Å². The Labute approximate surface area is 159 Å². The average molecular weight is 370 g/mol. The lowest BCUT2D eigenvalue weighted by Gasteiger charge is -2.18. The number of aromatic nitrogens is 1. The van der Waals surface area contributed by atoms with Crippen molar-refractivity contribution in [2.24, 2.45) is 0 Å². The van der Waals surface area contributed by atoms with E-state index in [1.807, 2.05) is 67.7 Å². The van der Waals surface area contributed by atoms with Crippen LogP contribution in [0.4, 0.5) is 0 Å². The lowest BCUT2D eigenvalue weighted by molar-refractivity contribution is -0.121. The lowest BCUT2D eigenvalue weighted by atomic mass is 9.88. The molecule has 0 aliphatic rings. The third kappa shape index (κ3) is 4.45. The number of benzene rings is 2. The second-order valence-electron chi connectivity index (χ2n) is 6.75. The highest BCUT2D eigenvalue weighted by Crippen LogP contribution is 2.34. The van der Waals surface area contributed by atoms with Gasteiger partial charge in [0.1, 0.15) is 0 Å². The Balaban J connectivity index is 1.89. The molecule has 0 fully saturated rings. The molecule has 0 bridgehead atoms. The van der Waals surface area contributed by atoms with E-state index < -0.39 is 0 Å². The van der Waals surface area contributed by atoms with Gasteiger partial charge >= 0.3 is 0 Å². The number of nitrogens with one attached hydrogen (secondary N) is 2. The van der Waals surface area contributed by atoms with Crippen LogP contribution in [0, 0.1) is 0 Å². The van der Waals surface area contributed by atoms with Crippen LogP contribution in [0.3, 0.4) is 0 Å². The van der Waals surface area contributed by atoms with Crippen molar-refractivity contribution in [1.29, 1.82) is 0 Å².